The first-order valence-electron chi connectivity index (χ1n) is 13.0. The minimum Gasteiger partial charge on any atom is -0.388 e. The Hall–Kier alpha value is -4.23. The molecule has 3 aromatic carbocycles. The molecule has 3 N–H and O–H groups in total. The summed E-state index contributed by atoms with van der Waals surface area (Å²) in [6.07, 6.45) is -4.60. The lowest BCUT2D eigenvalue weighted by molar-refractivity contribution is -0.202. The third-order valence-electron chi connectivity index (χ3n) is 7.30. The van der Waals surface area contributed by atoms with Gasteiger partial charge in [-0.05, 0) is 47.0 Å². The molecule has 13 heteroatoms. The van der Waals surface area contributed by atoms with Crippen LogP contribution >= 0.6 is 0 Å². The average Bonchev–Trinajstić information content (AvgIpc) is 3.52. The largest absolute Gasteiger partial charge is 0.418 e. The molecule has 1 fully saturated rings. The summed E-state index contributed by atoms with van der Waals surface area (Å²) in [4.78, 5) is 7.24. The predicted octanol–water partition coefficient (Wildman–Crippen LogP) is 6.10. The van der Waals surface area contributed by atoms with Crippen LogP contribution in [0, 0.1) is 5.82 Å². The van der Waals surface area contributed by atoms with Crippen LogP contribution in [0.25, 0.3) is 44.9 Å². The molecule has 1 aliphatic carbocycles. The molecule has 1 aliphatic rings. The van der Waals surface area contributed by atoms with Crippen molar-refractivity contribution >= 4 is 11.0 Å². The number of aryl methyl sites for hydroxylation is 1. The van der Waals surface area contributed by atoms with Crippen molar-refractivity contribution in [1.82, 2.24) is 30.0 Å². The van der Waals surface area contributed by atoms with Gasteiger partial charge >= 0.3 is 6.18 Å². The van der Waals surface area contributed by atoms with Crippen LogP contribution in [-0.2, 0) is 19.8 Å². The predicted molar refractivity (Wildman–Crippen MR) is 143 cm³/mol. The molecule has 0 amide bonds. The Morgan fingerprint density at radius 2 is 1.79 bits per heavy atom. The number of halogens is 6. The fourth-order valence-corrected chi connectivity index (χ4v) is 5.42. The van der Waals surface area contributed by atoms with Crippen molar-refractivity contribution in [3.63, 3.8) is 0 Å². The van der Waals surface area contributed by atoms with E-state index in [1.807, 2.05) is 0 Å². The maximum absolute atomic E-state index is 14.2. The summed E-state index contributed by atoms with van der Waals surface area (Å²) in [5.41, 5.74) is -0.140. The molecule has 0 spiro atoms. The van der Waals surface area contributed by atoms with E-state index in [0.29, 0.717) is 28.1 Å². The lowest BCUT2D eigenvalue weighted by Crippen LogP contribution is -2.56. The maximum Gasteiger partial charge on any atom is 0.418 e. The van der Waals surface area contributed by atoms with Gasteiger partial charge in [-0.25, -0.2) is 18.2 Å². The second-order valence-electron chi connectivity index (χ2n) is 10.7. The average molecular weight is 587 g/mol. The molecular formula is C29H24F6N6O. The molecule has 1 saturated carbocycles. The number of aromatic amines is 1. The van der Waals surface area contributed by atoms with Crippen LogP contribution in [-0.4, -0.2) is 47.9 Å². The summed E-state index contributed by atoms with van der Waals surface area (Å²) < 4.78 is 84.4. The second kappa shape index (κ2) is 9.95. The number of fused-ring (bicyclic) bond motifs is 1. The number of hydrogen-bond donors (Lipinski definition) is 3. The Balaban J connectivity index is 1.34. The quantitative estimate of drug-likeness (QED) is 0.201. The highest BCUT2D eigenvalue weighted by atomic mass is 19.4. The number of aliphatic hydroxyl groups is 1. The minimum absolute atomic E-state index is 0.0671. The number of imidazole rings is 1. The zero-order valence-electron chi connectivity index (χ0n) is 22.1. The number of benzene rings is 3. The number of nitrogens with one attached hydrogen (secondary N) is 2. The molecule has 218 valence electrons. The van der Waals surface area contributed by atoms with Gasteiger partial charge in [-0.15, -0.1) is 10.2 Å². The lowest BCUT2D eigenvalue weighted by atomic mass is 9.76. The van der Waals surface area contributed by atoms with Gasteiger partial charge in [-0.1, -0.05) is 24.3 Å². The summed E-state index contributed by atoms with van der Waals surface area (Å²) in [5.74, 6) is -2.77. The Morgan fingerprint density at radius 1 is 1.02 bits per heavy atom. The first kappa shape index (κ1) is 27.9. The van der Waals surface area contributed by atoms with E-state index in [1.54, 1.807) is 41.9 Å². The molecule has 0 saturated heterocycles. The van der Waals surface area contributed by atoms with E-state index >= 15 is 0 Å². The van der Waals surface area contributed by atoms with Crippen molar-refractivity contribution in [1.29, 1.82) is 0 Å². The topological polar surface area (TPSA) is 91.7 Å². The SMILES string of the molecule is Cn1cnnc1-c1cc(F)ccc1-c1cccc(-c2nc3cc(CNCC4(O)CC(F)(F)C4)cc(C(F)(F)F)c3[nH]2)c1. The van der Waals surface area contributed by atoms with Gasteiger partial charge in [-0.3, -0.25) is 0 Å². The summed E-state index contributed by atoms with van der Waals surface area (Å²) >= 11 is 0. The molecule has 6 rings (SSSR count). The van der Waals surface area contributed by atoms with Crippen LogP contribution in [0.3, 0.4) is 0 Å². The van der Waals surface area contributed by atoms with Crippen LogP contribution in [0.2, 0.25) is 0 Å². The molecule has 0 bridgehead atoms. The Morgan fingerprint density at radius 3 is 2.48 bits per heavy atom. The maximum atomic E-state index is 14.2. The number of nitrogens with zero attached hydrogens (tertiary/aromatic N) is 4. The van der Waals surface area contributed by atoms with E-state index in [9.17, 15) is 31.4 Å². The van der Waals surface area contributed by atoms with Gasteiger partial charge in [0.1, 0.15) is 18.0 Å². The molecule has 5 aromatic rings. The van der Waals surface area contributed by atoms with E-state index in [1.165, 1.54) is 24.5 Å². The lowest BCUT2D eigenvalue weighted by Gasteiger charge is -2.43. The molecule has 0 atom stereocenters. The van der Waals surface area contributed by atoms with Gasteiger partial charge in [0.25, 0.3) is 5.92 Å². The van der Waals surface area contributed by atoms with Crippen molar-refractivity contribution in [2.45, 2.75) is 37.1 Å². The van der Waals surface area contributed by atoms with Gasteiger partial charge in [0.2, 0.25) is 0 Å². The van der Waals surface area contributed by atoms with Crippen molar-refractivity contribution in [2.75, 3.05) is 6.54 Å². The van der Waals surface area contributed by atoms with Gasteiger partial charge in [0.05, 0.1) is 22.2 Å². The number of hydrogen-bond acceptors (Lipinski definition) is 5. The van der Waals surface area contributed by atoms with Gasteiger partial charge in [0, 0.05) is 44.1 Å². The van der Waals surface area contributed by atoms with Crippen molar-refractivity contribution in [2.24, 2.45) is 7.05 Å². The minimum atomic E-state index is -4.70. The Kier molecular flexibility index (Phi) is 6.61. The van der Waals surface area contributed by atoms with E-state index in [0.717, 1.165) is 6.07 Å². The monoisotopic (exact) mass is 586 g/mol. The van der Waals surface area contributed by atoms with Crippen molar-refractivity contribution in [3.8, 4) is 33.9 Å². The Bertz CT molecular complexity index is 1790. The number of alkyl halides is 5. The summed E-state index contributed by atoms with van der Waals surface area (Å²) in [7, 11) is 1.73. The normalized spacial score (nSPS) is 16.1. The number of H-pyrrole nitrogens is 1. The first-order valence-corrected chi connectivity index (χ1v) is 13.0. The van der Waals surface area contributed by atoms with E-state index in [2.05, 4.69) is 25.5 Å². The zero-order valence-corrected chi connectivity index (χ0v) is 22.1. The van der Waals surface area contributed by atoms with E-state index in [-0.39, 0.29) is 35.5 Å². The number of aromatic nitrogens is 5. The molecule has 2 heterocycles. The summed E-state index contributed by atoms with van der Waals surface area (Å²) in [5, 5.41) is 20.9. The highest BCUT2D eigenvalue weighted by Gasteiger charge is 2.55. The molecule has 0 unspecified atom stereocenters. The van der Waals surface area contributed by atoms with Crippen molar-refractivity contribution < 1.29 is 31.4 Å². The highest BCUT2D eigenvalue weighted by molar-refractivity contribution is 5.86. The third-order valence-corrected chi connectivity index (χ3v) is 7.30. The van der Waals surface area contributed by atoms with Crippen LogP contribution in [0.4, 0.5) is 26.3 Å². The summed E-state index contributed by atoms with van der Waals surface area (Å²) in [6, 6.07) is 13.6. The smallest absolute Gasteiger partial charge is 0.388 e. The first-order chi connectivity index (χ1) is 19.8. The molecule has 42 heavy (non-hydrogen) atoms. The third kappa shape index (κ3) is 5.37. The fraction of sp³-hybridized carbons (Fsp3) is 0.276. The molecular weight excluding hydrogens is 562 g/mol. The fourth-order valence-electron chi connectivity index (χ4n) is 5.42. The van der Waals surface area contributed by atoms with Crippen molar-refractivity contribution in [3.05, 3.63) is 77.9 Å². The van der Waals surface area contributed by atoms with E-state index < -0.39 is 41.9 Å². The number of rotatable bonds is 7. The van der Waals surface area contributed by atoms with Crippen LogP contribution < -0.4 is 5.32 Å². The van der Waals surface area contributed by atoms with Gasteiger partial charge < -0.3 is 20.0 Å². The van der Waals surface area contributed by atoms with Gasteiger partial charge in [-0.2, -0.15) is 13.2 Å². The van der Waals surface area contributed by atoms with Crippen LogP contribution in [0.15, 0.2) is 60.9 Å². The van der Waals surface area contributed by atoms with Crippen LogP contribution in [0.1, 0.15) is 24.0 Å². The molecule has 0 aliphatic heterocycles. The van der Waals surface area contributed by atoms with Crippen LogP contribution in [0.5, 0.6) is 0 Å². The molecule has 7 nitrogen and oxygen atoms in total. The highest BCUT2D eigenvalue weighted by Crippen LogP contribution is 2.45. The Labute approximate surface area is 235 Å². The summed E-state index contributed by atoms with van der Waals surface area (Å²) in [6.45, 7) is -0.264. The molecule has 2 aromatic heterocycles. The second-order valence-corrected chi connectivity index (χ2v) is 10.7. The zero-order chi connectivity index (χ0) is 29.9. The standard InChI is InChI=1S/C29H24F6N6O/c1-41-15-37-40-26(41)21-10-19(30)5-6-20(21)17-3-2-4-18(9-17)25-38-23-8-16(7-22(24(23)39-25)29(33,34)35)11-36-14-27(42)12-28(31,32)13-27/h2-10,15,36,42H,11-14H2,1H3,(H,38,39). The van der Waals surface area contributed by atoms with E-state index in [4.69, 9.17) is 0 Å². The van der Waals surface area contributed by atoms with Gasteiger partial charge in [0.15, 0.2) is 5.82 Å². The molecule has 0 radical (unpaired) electrons.